The van der Waals surface area contributed by atoms with E-state index in [1.807, 2.05) is 13.0 Å². The summed E-state index contributed by atoms with van der Waals surface area (Å²) in [6, 6.07) is 4.84. The van der Waals surface area contributed by atoms with E-state index >= 15 is 0 Å². The lowest BCUT2D eigenvalue weighted by molar-refractivity contribution is 0.0691. The van der Waals surface area contributed by atoms with E-state index in [2.05, 4.69) is 19.9 Å². The largest absolute Gasteiger partial charge is 0.476 e. The first-order valence-corrected chi connectivity index (χ1v) is 12.6. The molecule has 9 nitrogen and oxygen atoms in total. The normalized spacial score (nSPS) is 20.2. The van der Waals surface area contributed by atoms with Crippen molar-refractivity contribution in [1.82, 2.24) is 24.6 Å². The first-order chi connectivity index (χ1) is 16.9. The maximum Gasteiger partial charge on any atom is 0.358 e. The number of piperidine rings is 1. The fourth-order valence-corrected chi connectivity index (χ4v) is 5.82. The van der Waals surface area contributed by atoms with Gasteiger partial charge in [0.15, 0.2) is 11.3 Å². The van der Waals surface area contributed by atoms with Gasteiger partial charge in [0, 0.05) is 36.2 Å². The van der Waals surface area contributed by atoms with Crippen molar-refractivity contribution < 1.29 is 15.0 Å². The van der Waals surface area contributed by atoms with Crippen LogP contribution >= 0.6 is 23.2 Å². The predicted molar refractivity (Wildman–Crippen MR) is 135 cm³/mol. The van der Waals surface area contributed by atoms with Crippen molar-refractivity contribution in [3.05, 3.63) is 45.7 Å². The number of aliphatic hydroxyl groups is 1. The van der Waals surface area contributed by atoms with Crippen molar-refractivity contribution >= 4 is 46.2 Å². The number of carboxylic acid groups (broad SMARTS) is 1. The summed E-state index contributed by atoms with van der Waals surface area (Å²) in [4.78, 5) is 25.6. The van der Waals surface area contributed by atoms with Crippen molar-refractivity contribution in [1.29, 1.82) is 0 Å². The van der Waals surface area contributed by atoms with E-state index in [0.29, 0.717) is 33.3 Å². The van der Waals surface area contributed by atoms with E-state index in [9.17, 15) is 15.0 Å². The molecular weight excluding hydrogens is 491 g/mol. The third-order valence-electron chi connectivity index (χ3n) is 7.23. The number of aromatic nitrogens is 4. The molecule has 0 radical (unpaired) electrons. The lowest BCUT2D eigenvalue weighted by atomic mass is 9.80. The number of carboxylic acids is 1. The monoisotopic (exact) mass is 518 g/mol. The Hall–Kier alpha value is -2.46. The fourth-order valence-electron chi connectivity index (χ4n) is 5.26. The fraction of sp³-hybridized carbons (Fsp3) is 0.500. The highest BCUT2D eigenvalue weighted by Gasteiger charge is 2.37. The Morgan fingerprint density at radius 1 is 1.23 bits per heavy atom. The molecular formula is C24H28Cl2N6O3. The lowest BCUT2D eigenvalue weighted by Crippen LogP contribution is -2.54. The van der Waals surface area contributed by atoms with Gasteiger partial charge in [-0.2, -0.15) is 5.10 Å². The zero-order chi connectivity index (χ0) is 24.7. The van der Waals surface area contributed by atoms with E-state index in [1.165, 1.54) is 6.42 Å². The molecule has 0 saturated carbocycles. The molecule has 0 aliphatic carbocycles. The van der Waals surface area contributed by atoms with Crippen molar-refractivity contribution in [3.8, 4) is 0 Å². The molecule has 2 aromatic heterocycles. The minimum Gasteiger partial charge on any atom is -0.476 e. The van der Waals surface area contributed by atoms with Crippen LogP contribution in [0.15, 0.2) is 24.4 Å². The second kappa shape index (κ2) is 9.89. The van der Waals surface area contributed by atoms with Crippen LogP contribution in [0.25, 0.3) is 11.2 Å². The van der Waals surface area contributed by atoms with Crippen LogP contribution in [0.4, 0.5) is 5.82 Å². The average Bonchev–Trinajstić information content (AvgIpc) is 3.18. The maximum absolute atomic E-state index is 11.9. The SMILES string of the molecule is C[C@H](c1ccc(Cl)cc1Cl)n1nc(C(=O)O)c2ncc(N3CC([C@H]4CCCN(CCO)C4)C3)nc21. The minimum absolute atomic E-state index is 0.136. The molecule has 5 rings (SSSR count). The number of anilines is 1. The molecule has 0 unspecified atom stereocenters. The number of carbonyl (C=O) groups is 1. The Balaban J connectivity index is 1.40. The van der Waals surface area contributed by atoms with Crippen LogP contribution in [-0.2, 0) is 0 Å². The molecule has 186 valence electrons. The highest BCUT2D eigenvalue weighted by molar-refractivity contribution is 6.35. The molecule has 2 N–H and O–H groups in total. The van der Waals surface area contributed by atoms with Crippen LogP contribution in [0.5, 0.6) is 0 Å². The first-order valence-electron chi connectivity index (χ1n) is 11.9. The smallest absolute Gasteiger partial charge is 0.358 e. The molecule has 2 atom stereocenters. The van der Waals surface area contributed by atoms with Gasteiger partial charge in [0.05, 0.1) is 18.8 Å². The summed E-state index contributed by atoms with van der Waals surface area (Å²) in [7, 11) is 0. The molecule has 0 bridgehead atoms. The van der Waals surface area contributed by atoms with Crippen LogP contribution in [0, 0.1) is 11.8 Å². The second-order valence-corrected chi connectivity index (χ2v) is 10.3. The molecule has 11 heteroatoms. The third kappa shape index (κ3) is 4.70. The van der Waals surface area contributed by atoms with E-state index in [4.69, 9.17) is 28.2 Å². The van der Waals surface area contributed by atoms with Crippen LogP contribution in [-0.4, -0.2) is 80.2 Å². The van der Waals surface area contributed by atoms with Gasteiger partial charge < -0.3 is 20.0 Å². The summed E-state index contributed by atoms with van der Waals surface area (Å²) in [6.45, 7) is 6.68. The number of hydrogen-bond acceptors (Lipinski definition) is 7. The van der Waals surface area contributed by atoms with Gasteiger partial charge in [0.1, 0.15) is 11.3 Å². The van der Waals surface area contributed by atoms with Gasteiger partial charge in [-0.15, -0.1) is 0 Å². The van der Waals surface area contributed by atoms with Gasteiger partial charge in [0.2, 0.25) is 0 Å². The Bertz CT molecular complexity index is 1240. The van der Waals surface area contributed by atoms with Gasteiger partial charge in [-0.3, -0.25) is 0 Å². The molecule has 2 saturated heterocycles. The highest BCUT2D eigenvalue weighted by atomic mass is 35.5. The van der Waals surface area contributed by atoms with E-state index in [0.717, 1.165) is 44.7 Å². The number of benzene rings is 1. The van der Waals surface area contributed by atoms with E-state index in [1.54, 1.807) is 23.0 Å². The third-order valence-corrected chi connectivity index (χ3v) is 7.79. The lowest BCUT2D eigenvalue weighted by Gasteiger charge is -2.47. The van der Waals surface area contributed by atoms with Crippen LogP contribution < -0.4 is 4.90 Å². The van der Waals surface area contributed by atoms with Crippen molar-refractivity contribution in [2.45, 2.75) is 25.8 Å². The molecule has 4 heterocycles. The number of aromatic carboxylic acids is 1. The second-order valence-electron chi connectivity index (χ2n) is 9.43. The number of likely N-dealkylation sites (tertiary alicyclic amines) is 1. The summed E-state index contributed by atoms with van der Waals surface area (Å²) in [5.74, 6) is 0.739. The average molecular weight is 519 g/mol. The molecule has 2 aliphatic heterocycles. The molecule has 2 fully saturated rings. The molecule has 35 heavy (non-hydrogen) atoms. The number of fused-ring (bicyclic) bond motifs is 1. The zero-order valence-corrected chi connectivity index (χ0v) is 21.0. The Labute approximate surface area is 213 Å². The number of β-amino-alcohol motifs (C(OH)–C–C–N with tert-alkyl or cyclic N) is 1. The van der Waals surface area contributed by atoms with Crippen LogP contribution in [0.3, 0.4) is 0 Å². The Morgan fingerprint density at radius 2 is 2.03 bits per heavy atom. The van der Waals surface area contributed by atoms with Crippen molar-refractivity contribution in [2.75, 3.05) is 44.2 Å². The molecule has 0 spiro atoms. The topological polar surface area (TPSA) is 108 Å². The number of rotatable bonds is 7. The van der Waals surface area contributed by atoms with Gasteiger partial charge in [-0.1, -0.05) is 29.3 Å². The van der Waals surface area contributed by atoms with Gasteiger partial charge in [-0.25, -0.2) is 19.4 Å². The van der Waals surface area contributed by atoms with Crippen LogP contribution in [0.2, 0.25) is 10.0 Å². The number of halogens is 2. The highest BCUT2D eigenvalue weighted by Crippen LogP contribution is 2.35. The van der Waals surface area contributed by atoms with Crippen molar-refractivity contribution in [2.24, 2.45) is 11.8 Å². The molecule has 2 aliphatic rings. The maximum atomic E-state index is 11.9. The van der Waals surface area contributed by atoms with Gasteiger partial charge >= 0.3 is 5.97 Å². The summed E-state index contributed by atoms with van der Waals surface area (Å²) in [6.07, 6.45) is 4.00. The van der Waals surface area contributed by atoms with Gasteiger partial charge in [0.25, 0.3) is 0 Å². The number of nitrogens with zero attached hydrogens (tertiary/aromatic N) is 6. The number of hydrogen-bond donors (Lipinski definition) is 2. The first kappa shape index (κ1) is 24.2. The summed E-state index contributed by atoms with van der Waals surface area (Å²) >= 11 is 12.5. The van der Waals surface area contributed by atoms with Crippen LogP contribution in [0.1, 0.15) is 41.9 Å². The van der Waals surface area contributed by atoms with Crippen molar-refractivity contribution in [3.63, 3.8) is 0 Å². The molecule has 0 amide bonds. The Morgan fingerprint density at radius 3 is 2.74 bits per heavy atom. The van der Waals surface area contributed by atoms with E-state index in [-0.39, 0.29) is 23.9 Å². The van der Waals surface area contributed by atoms with E-state index < -0.39 is 5.97 Å². The molecule has 1 aromatic carbocycles. The zero-order valence-electron chi connectivity index (χ0n) is 19.4. The Kier molecular flexibility index (Phi) is 6.85. The quantitative estimate of drug-likeness (QED) is 0.488. The van der Waals surface area contributed by atoms with Gasteiger partial charge in [-0.05, 0) is 55.8 Å². The number of aliphatic hydroxyl groups excluding tert-OH is 1. The minimum atomic E-state index is -1.15. The standard InChI is InChI=1S/C24H28Cl2N6O3/c1-14(18-5-4-17(25)9-19(18)26)32-23-21(22(29-32)24(34)35)27-10-20(28-23)31-12-16(13-31)15-3-2-6-30(11-15)7-8-33/h4-5,9-10,14-16,33H,2-3,6-8,11-13H2,1H3,(H,34,35)/t14-,15+/m1/s1. The summed E-state index contributed by atoms with van der Waals surface area (Å²) < 4.78 is 1.58. The summed E-state index contributed by atoms with van der Waals surface area (Å²) in [5.41, 5.74) is 1.29. The summed E-state index contributed by atoms with van der Waals surface area (Å²) in [5, 5.41) is 24.3. The molecule has 3 aromatic rings. The predicted octanol–water partition coefficient (Wildman–Crippen LogP) is 3.58.